The molecule has 0 aromatic heterocycles. The smallest absolute Gasteiger partial charge is 0.00588 e. The second-order valence-corrected chi connectivity index (χ2v) is 2.29. The van der Waals surface area contributed by atoms with Crippen LogP contribution < -0.4 is 10.5 Å². The van der Waals surface area contributed by atoms with E-state index in [4.69, 9.17) is 5.73 Å². The first-order chi connectivity index (χ1) is 3.91. The molecule has 0 fully saturated rings. The molecule has 0 unspecified atom stereocenters. The Morgan fingerprint density at radius 1 is 1.50 bits per heavy atom. The predicted octanol–water partition coefficient (Wildman–Crippen LogP) is 0.593. The third-order valence-corrected chi connectivity index (χ3v) is 1.37. The van der Waals surface area contributed by atoms with Gasteiger partial charge in [-0.25, -0.2) is 0 Å². The van der Waals surface area contributed by atoms with Gasteiger partial charge in [0.2, 0.25) is 0 Å². The van der Waals surface area contributed by atoms with E-state index in [0.717, 1.165) is 19.5 Å². The van der Waals surface area contributed by atoms with Crippen LogP contribution in [0.3, 0.4) is 0 Å². The van der Waals surface area contributed by atoms with E-state index in [9.17, 15) is 0 Å². The van der Waals surface area contributed by atoms with Crippen LogP contribution in [-0.4, -0.2) is 19.3 Å². The molecule has 0 aliphatic rings. The standard InChI is InChI=1S/C5H14N2S/c1-8-7-5-3-2-4-6/h7H,2-6H2,1H3. The lowest BCUT2D eigenvalue weighted by Crippen LogP contribution is -2.07. The highest BCUT2D eigenvalue weighted by atomic mass is 32.2. The summed E-state index contributed by atoms with van der Waals surface area (Å²) in [6, 6.07) is 0. The molecule has 0 heterocycles. The number of hydrogen-bond acceptors (Lipinski definition) is 3. The molecule has 0 saturated heterocycles. The molecule has 0 aliphatic carbocycles. The zero-order valence-corrected chi connectivity index (χ0v) is 6.13. The summed E-state index contributed by atoms with van der Waals surface area (Å²) < 4.78 is 3.14. The van der Waals surface area contributed by atoms with Gasteiger partial charge in [-0.3, -0.25) is 4.72 Å². The van der Waals surface area contributed by atoms with Crippen LogP contribution >= 0.6 is 11.9 Å². The van der Waals surface area contributed by atoms with Gasteiger partial charge in [-0.1, -0.05) is 11.9 Å². The lowest BCUT2D eigenvalue weighted by atomic mass is 10.3. The Balaban J connectivity index is 2.53. The van der Waals surface area contributed by atoms with E-state index < -0.39 is 0 Å². The number of unbranched alkanes of at least 4 members (excludes halogenated alkanes) is 1. The molecule has 0 saturated carbocycles. The fourth-order valence-corrected chi connectivity index (χ4v) is 0.792. The summed E-state index contributed by atoms with van der Waals surface area (Å²) in [5.41, 5.74) is 5.28. The van der Waals surface area contributed by atoms with Crippen LogP contribution in [0.4, 0.5) is 0 Å². The third-order valence-electron chi connectivity index (χ3n) is 0.877. The number of nitrogens with two attached hydrogens (primary N) is 1. The molecule has 0 amide bonds. The number of rotatable bonds is 5. The summed E-state index contributed by atoms with van der Waals surface area (Å²) in [5, 5.41) is 0. The van der Waals surface area contributed by atoms with E-state index in [1.165, 1.54) is 6.42 Å². The Morgan fingerprint density at radius 2 is 2.25 bits per heavy atom. The molecule has 0 spiro atoms. The van der Waals surface area contributed by atoms with E-state index in [1.807, 2.05) is 6.26 Å². The molecule has 3 N–H and O–H groups in total. The quantitative estimate of drug-likeness (QED) is 0.427. The molecule has 3 heteroatoms. The lowest BCUT2D eigenvalue weighted by molar-refractivity contribution is 0.734. The Morgan fingerprint density at radius 3 is 2.75 bits per heavy atom. The molecule has 0 aromatic carbocycles. The maximum absolute atomic E-state index is 5.28. The molecule has 0 radical (unpaired) electrons. The molecule has 0 bridgehead atoms. The molecule has 0 aromatic rings. The van der Waals surface area contributed by atoms with Crippen LogP contribution in [0.1, 0.15) is 12.8 Å². The van der Waals surface area contributed by atoms with Crippen molar-refractivity contribution < 1.29 is 0 Å². The van der Waals surface area contributed by atoms with Crippen LogP contribution in [0.25, 0.3) is 0 Å². The number of nitrogens with one attached hydrogen (secondary N) is 1. The average Bonchev–Trinajstić information content (AvgIpc) is 1.81. The summed E-state index contributed by atoms with van der Waals surface area (Å²) in [6.07, 6.45) is 4.35. The summed E-state index contributed by atoms with van der Waals surface area (Å²) in [7, 11) is 0. The first-order valence-corrected chi connectivity index (χ1v) is 4.10. The van der Waals surface area contributed by atoms with Crippen LogP contribution in [0.15, 0.2) is 0 Å². The van der Waals surface area contributed by atoms with Crippen LogP contribution in [-0.2, 0) is 0 Å². The van der Waals surface area contributed by atoms with Crippen molar-refractivity contribution in [2.45, 2.75) is 12.8 Å². The zero-order valence-electron chi connectivity index (χ0n) is 5.31. The summed E-state index contributed by atoms with van der Waals surface area (Å²) in [4.78, 5) is 0. The van der Waals surface area contributed by atoms with Gasteiger partial charge in [0.25, 0.3) is 0 Å². The fraction of sp³-hybridized carbons (Fsp3) is 1.00. The Bertz CT molecular complexity index is 35.4. The topological polar surface area (TPSA) is 38.0 Å². The first-order valence-electron chi connectivity index (χ1n) is 2.87. The van der Waals surface area contributed by atoms with Gasteiger partial charge in [0.15, 0.2) is 0 Å². The van der Waals surface area contributed by atoms with Crippen molar-refractivity contribution in [1.82, 2.24) is 4.72 Å². The maximum Gasteiger partial charge on any atom is 0.00588 e. The predicted molar refractivity (Wildman–Crippen MR) is 39.8 cm³/mol. The van der Waals surface area contributed by atoms with Gasteiger partial charge < -0.3 is 5.73 Å². The van der Waals surface area contributed by atoms with E-state index in [2.05, 4.69) is 4.72 Å². The second kappa shape index (κ2) is 7.27. The summed E-state index contributed by atoms with van der Waals surface area (Å²) >= 11 is 1.66. The van der Waals surface area contributed by atoms with Crippen molar-refractivity contribution in [3.05, 3.63) is 0 Å². The van der Waals surface area contributed by atoms with Crippen LogP contribution in [0.2, 0.25) is 0 Å². The Hall–Kier alpha value is 0.270. The van der Waals surface area contributed by atoms with Crippen molar-refractivity contribution >= 4 is 11.9 Å². The minimum absolute atomic E-state index is 0.816. The molecule has 0 aliphatic heterocycles. The van der Waals surface area contributed by atoms with Crippen molar-refractivity contribution in [2.24, 2.45) is 5.73 Å². The number of hydrogen-bond donors (Lipinski definition) is 2. The molecule has 8 heavy (non-hydrogen) atoms. The SMILES string of the molecule is CSNCCCCN. The highest BCUT2D eigenvalue weighted by molar-refractivity contribution is 7.96. The molecule has 50 valence electrons. The van der Waals surface area contributed by atoms with Gasteiger partial charge in [-0.15, -0.1) is 0 Å². The average molecular weight is 134 g/mol. The van der Waals surface area contributed by atoms with Crippen molar-refractivity contribution in [1.29, 1.82) is 0 Å². The molecule has 0 rings (SSSR count). The van der Waals surface area contributed by atoms with Crippen LogP contribution in [0, 0.1) is 0 Å². The van der Waals surface area contributed by atoms with Crippen LogP contribution in [0.5, 0.6) is 0 Å². The summed E-state index contributed by atoms with van der Waals surface area (Å²) in [6.45, 7) is 1.90. The minimum Gasteiger partial charge on any atom is -0.330 e. The van der Waals surface area contributed by atoms with E-state index >= 15 is 0 Å². The highest BCUT2D eigenvalue weighted by Gasteiger charge is 1.81. The third kappa shape index (κ3) is 6.27. The fourth-order valence-electron chi connectivity index (χ4n) is 0.444. The molecular weight excluding hydrogens is 120 g/mol. The normalized spacial score (nSPS) is 9.75. The maximum atomic E-state index is 5.28. The monoisotopic (exact) mass is 134 g/mol. The van der Waals surface area contributed by atoms with Gasteiger partial charge in [0.1, 0.15) is 0 Å². The van der Waals surface area contributed by atoms with Crippen molar-refractivity contribution in [3.63, 3.8) is 0 Å². The zero-order chi connectivity index (χ0) is 6.24. The first kappa shape index (κ1) is 8.27. The lowest BCUT2D eigenvalue weighted by Gasteiger charge is -1.96. The largest absolute Gasteiger partial charge is 0.330 e. The van der Waals surface area contributed by atoms with Gasteiger partial charge in [-0.2, -0.15) is 0 Å². The van der Waals surface area contributed by atoms with Crippen molar-refractivity contribution in [2.75, 3.05) is 19.3 Å². The Kier molecular flexibility index (Phi) is 7.52. The Labute approximate surface area is 55.3 Å². The molecule has 2 nitrogen and oxygen atoms in total. The van der Waals surface area contributed by atoms with E-state index in [0.29, 0.717) is 0 Å². The van der Waals surface area contributed by atoms with E-state index in [-0.39, 0.29) is 0 Å². The minimum atomic E-state index is 0.816. The highest BCUT2D eigenvalue weighted by Crippen LogP contribution is 1.86. The van der Waals surface area contributed by atoms with Crippen molar-refractivity contribution in [3.8, 4) is 0 Å². The summed E-state index contributed by atoms with van der Waals surface area (Å²) in [5.74, 6) is 0. The molecule has 0 atom stereocenters. The van der Waals surface area contributed by atoms with E-state index in [1.54, 1.807) is 11.9 Å². The second-order valence-electron chi connectivity index (χ2n) is 1.59. The van der Waals surface area contributed by atoms with Gasteiger partial charge in [0, 0.05) is 6.54 Å². The molecular formula is C5H14N2S. The van der Waals surface area contributed by atoms with Gasteiger partial charge in [-0.05, 0) is 25.6 Å². The van der Waals surface area contributed by atoms with Gasteiger partial charge in [0.05, 0.1) is 0 Å². The van der Waals surface area contributed by atoms with Gasteiger partial charge >= 0.3 is 0 Å².